The van der Waals surface area contributed by atoms with Crippen molar-refractivity contribution < 1.29 is 9.59 Å². The average molecular weight is 333 g/mol. The van der Waals surface area contributed by atoms with Crippen LogP contribution in [0, 0.1) is 0 Å². The van der Waals surface area contributed by atoms with E-state index in [4.69, 9.17) is 0 Å². The Kier molecular flexibility index (Phi) is 7.59. The second-order valence-corrected chi connectivity index (χ2v) is 6.33. The molecule has 2 fully saturated rings. The van der Waals surface area contributed by atoms with Gasteiger partial charge in [-0.25, -0.2) is 0 Å². The van der Waals surface area contributed by atoms with Gasteiger partial charge in [-0.3, -0.25) is 14.5 Å². The van der Waals surface area contributed by atoms with Gasteiger partial charge in [-0.1, -0.05) is 0 Å². The molecule has 0 aromatic heterocycles. The van der Waals surface area contributed by atoms with E-state index in [1.54, 1.807) is 11.9 Å². The van der Waals surface area contributed by atoms with Crippen LogP contribution in [0.25, 0.3) is 0 Å². The van der Waals surface area contributed by atoms with Gasteiger partial charge in [-0.2, -0.15) is 0 Å². The van der Waals surface area contributed by atoms with Gasteiger partial charge >= 0.3 is 0 Å². The third kappa shape index (κ3) is 5.41. The molecule has 1 aliphatic heterocycles. The van der Waals surface area contributed by atoms with E-state index < -0.39 is 0 Å². The highest BCUT2D eigenvalue weighted by molar-refractivity contribution is 5.87. The Morgan fingerprint density at radius 3 is 2.55 bits per heavy atom. The van der Waals surface area contributed by atoms with E-state index in [0.717, 1.165) is 38.8 Å². The molecule has 2 rings (SSSR count). The number of amides is 2. The van der Waals surface area contributed by atoms with Gasteiger partial charge in [0.05, 0.1) is 12.6 Å². The molecule has 7 heteroatoms. The fourth-order valence-electron chi connectivity index (χ4n) is 2.86. The van der Waals surface area contributed by atoms with Crippen molar-refractivity contribution in [3.8, 4) is 0 Å². The van der Waals surface area contributed by atoms with Gasteiger partial charge in [0.25, 0.3) is 0 Å². The van der Waals surface area contributed by atoms with Gasteiger partial charge in [0.1, 0.15) is 0 Å². The second kappa shape index (κ2) is 8.70. The molecule has 1 saturated carbocycles. The molecule has 2 atom stereocenters. The van der Waals surface area contributed by atoms with E-state index in [1.807, 2.05) is 14.0 Å². The Morgan fingerprint density at radius 1 is 1.27 bits per heavy atom. The highest BCUT2D eigenvalue weighted by Crippen LogP contribution is 2.18. The van der Waals surface area contributed by atoms with Crippen LogP contribution in [-0.2, 0) is 9.59 Å². The first-order chi connectivity index (χ1) is 10.0. The number of likely N-dealkylation sites (N-methyl/N-ethyl adjacent to an activating group) is 2. The number of nitrogens with one attached hydrogen (secondary N) is 2. The van der Waals surface area contributed by atoms with Crippen LogP contribution in [0.3, 0.4) is 0 Å². The predicted octanol–water partition coefficient (Wildman–Crippen LogP) is 0.218. The number of halogens is 1. The SMILES string of the molecule is CNC1CCCN(C(C)C(=O)N(C)CC(=O)NC2CC2)C1.Cl. The minimum Gasteiger partial charge on any atom is -0.352 e. The molecule has 1 aliphatic carbocycles. The summed E-state index contributed by atoms with van der Waals surface area (Å²) in [4.78, 5) is 28.0. The van der Waals surface area contributed by atoms with Crippen molar-refractivity contribution in [3.05, 3.63) is 0 Å². The third-order valence-corrected chi connectivity index (χ3v) is 4.47. The number of carbonyl (C=O) groups is 2. The summed E-state index contributed by atoms with van der Waals surface area (Å²) in [5, 5.41) is 6.20. The Bertz CT molecular complexity index is 390. The molecule has 0 aromatic rings. The van der Waals surface area contributed by atoms with E-state index in [1.165, 1.54) is 0 Å². The largest absolute Gasteiger partial charge is 0.352 e. The minimum absolute atomic E-state index is 0. The number of nitrogens with zero attached hydrogens (tertiary/aromatic N) is 2. The quantitative estimate of drug-likeness (QED) is 0.730. The lowest BCUT2D eigenvalue weighted by atomic mass is 10.0. The summed E-state index contributed by atoms with van der Waals surface area (Å²) < 4.78 is 0. The van der Waals surface area contributed by atoms with Crippen LogP contribution >= 0.6 is 12.4 Å². The van der Waals surface area contributed by atoms with Crippen LogP contribution in [0.15, 0.2) is 0 Å². The fraction of sp³-hybridized carbons (Fsp3) is 0.867. The maximum absolute atomic E-state index is 12.5. The number of piperidine rings is 1. The Labute approximate surface area is 139 Å². The topological polar surface area (TPSA) is 64.7 Å². The summed E-state index contributed by atoms with van der Waals surface area (Å²) in [5.74, 6) is -0.0232. The Hall–Kier alpha value is -0.850. The lowest BCUT2D eigenvalue weighted by Gasteiger charge is -2.37. The van der Waals surface area contributed by atoms with Crippen molar-refractivity contribution in [2.24, 2.45) is 0 Å². The van der Waals surface area contributed by atoms with Crippen LogP contribution in [0.2, 0.25) is 0 Å². The normalized spacial score (nSPS) is 23.3. The van der Waals surface area contributed by atoms with E-state index >= 15 is 0 Å². The lowest BCUT2D eigenvalue weighted by Crippen LogP contribution is -2.54. The lowest BCUT2D eigenvalue weighted by molar-refractivity contribution is -0.139. The van der Waals surface area contributed by atoms with E-state index in [-0.39, 0.29) is 36.8 Å². The second-order valence-electron chi connectivity index (χ2n) is 6.33. The highest BCUT2D eigenvalue weighted by atomic mass is 35.5. The van der Waals surface area contributed by atoms with E-state index in [0.29, 0.717) is 12.1 Å². The van der Waals surface area contributed by atoms with Gasteiger partial charge in [-0.15, -0.1) is 12.4 Å². The van der Waals surface area contributed by atoms with Crippen LogP contribution < -0.4 is 10.6 Å². The van der Waals surface area contributed by atoms with Crippen LogP contribution in [0.4, 0.5) is 0 Å². The molecular weight excluding hydrogens is 304 g/mol. The molecule has 0 radical (unpaired) electrons. The molecule has 128 valence electrons. The van der Waals surface area contributed by atoms with Crippen molar-refractivity contribution in [2.75, 3.05) is 33.7 Å². The van der Waals surface area contributed by atoms with Crippen LogP contribution in [-0.4, -0.2) is 73.5 Å². The maximum atomic E-state index is 12.5. The van der Waals surface area contributed by atoms with Crippen molar-refractivity contribution in [1.29, 1.82) is 0 Å². The van der Waals surface area contributed by atoms with Gasteiger partial charge in [-0.05, 0) is 46.2 Å². The summed E-state index contributed by atoms with van der Waals surface area (Å²) in [5.41, 5.74) is 0. The molecule has 22 heavy (non-hydrogen) atoms. The van der Waals surface area contributed by atoms with Gasteiger partial charge in [0, 0.05) is 25.7 Å². The van der Waals surface area contributed by atoms with E-state index in [9.17, 15) is 9.59 Å². The smallest absolute Gasteiger partial charge is 0.239 e. The number of carbonyl (C=O) groups excluding carboxylic acids is 2. The van der Waals surface area contributed by atoms with Crippen molar-refractivity contribution in [2.45, 2.75) is 50.7 Å². The zero-order valence-electron chi connectivity index (χ0n) is 13.8. The number of hydrogen-bond donors (Lipinski definition) is 2. The highest BCUT2D eigenvalue weighted by Gasteiger charge is 2.30. The number of likely N-dealkylation sites (tertiary alicyclic amines) is 1. The summed E-state index contributed by atoms with van der Waals surface area (Å²) in [6, 6.07) is 0.634. The monoisotopic (exact) mass is 332 g/mol. The zero-order valence-corrected chi connectivity index (χ0v) is 14.6. The summed E-state index contributed by atoms with van der Waals surface area (Å²) >= 11 is 0. The molecule has 1 saturated heterocycles. The first-order valence-corrected chi connectivity index (χ1v) is 7.97. The summed E-state index contributed by atoms with van der Waals surface area (Å²) in [7, 11) is 3.68. The number of rotatable bonds is 6. The van der Waals surface area contributed by atoms with Crippen molar-refractivity contribution in [1.82, 2.24) is 20.4 Å². The van der Waals surface area contributed by atoms with E-state index in [2.05, 4.69) is 15.5 Å². The predicted molar refractivity (Wildman–Crippen MR) is 89.2 cm³/mol. The molecular formula is C15H29ClN4O2. The molecule has 0 aromatic carbocycles. The van der Waals surface area contributed by atoms with Gasteiger partial charge in [0.2, 0.25) is 11.8 Å². The van der Waals surface area contributed by atoms with Crippen molar-refractivity contribution >= 4 is 24.2 Å². The molecule has 2 amide bonds. The number of hydrogen-bond acceptors (Lipinski definition) is 4. The zero-order chi connectivity index (χ0) is 15.4. The fourth-order valence-corrected chi connectivity index (χ4v) is 2.86. The molecule has 0 bridgehead atoms. The maximum Gasteiger partial charge on any atom is 0.239 e. The van der Waals surface area contributed by atoms with Gasteiger partial charge in [0.15, 0.2) is 0 Å². The standard InChI is InChI=1S/C15H28N4O2.ClH/c1-11(19-8-4-5-13(9-19)16-2)15(21)18(3)10-14(20)17-12-6-7-12;/h11-13,16H,4-10H2,1-3H3,(H,17,20);1H. The first kappa shape index (κ1) is 19.2. The molecule has 2 N–H and O–H groups in total. The average Bonchev–Trinajstić information content (AvgIpc) is 3.29. The molecule has 0 spiro atoms. The summed E-state index contributed by atoms with van der Waals surface area (Å²) in [6.45, 7) is 3.94. The Balaban J connectivity index is 0.00000242. The minimum atomic E-state index is -0.167. The molecule has 2 aliphatic rings. The van der Waals surface area contributed by atoms with Crippen LogP contribution in [0.1, 0.15) is 32.6 Å². The van der Waals surface area contributed by atoms with Gasteiger partial charge < -0.3 is 15.5 Å². The molecule has 1 heterocycles. The molecule has 2 unspecified atom stereocenters. The Morgan fingerprint density at radius 2 is 1.95 bits per heavy atom. The summed E-state index contributed by atoms with van der Waals surface area (Å²) in [6.07, 6.45) is 4.40. The van der Waals surface area contributed by atoms with Crippen molar-refractivity contribution in [3.63, 3.8) is 0 Å². The molecule has 6 nitrogen and oxygen atoms in total. The van der Waals surface area contributed by atoms with Crippen LogP contribution in [0.5, 0.6) is 0 Å². The third-order valence-electron chi connectivity index (χ3n) is 4.47. The first-order valence-electron chi connectivity index (χ1n) is 7.97.